The van der Waals surface area contributed by atoms with Gasteiger partial charge in [0.2, 0.25) is 26.0 Å². The highest BCUT2D eigenvalue weighted by Crippen LogP contribution is 2.29. The molecule has 4 rings (SSSR count). The first-order chi connectivity index (χ1) is 14.8. The average Bonchev–Trinajstić information content (AvgIpc) is 3.34. The standard InChI is InChI=1S/C21H31N3O5S2/c25-21(22-13-6-7-14-22)20-8-2-5-17-24(20)31(28,29)19-11-9-18(10-12-19)30(26,27)23-15-3-1-4-16-23/h9-12,20H,1-8,13-17H2. The van der Waals surface area contributed by atoms with E-state index in [-0.39, 0.29) is 15.7 Å². The minimum Gasteiger partial charge on any atom is -0.341 e. The number of nitrogens with zero attached hydrogens (tertiary/aromatic N) is 3. The van der Waals surface area contributed by atoms with Crippen molar-refractivity contribution in [3.63, 3.8) is 0 Å². The lowest BCUT2D eigenvalue weighted by Crippen LogP contribution is -2.52. The Hall–Kier alpha value is -1.49. The minimum atomic E-state index is -3.90. The SMILES string of the molecule is O=C(C1CCCCN1S(=O)(=O)c1ccc(S(=O)(=O)N2CCCCC2)cc1)N1CCCC1. The van der Waals surface area contributed by atoms with E-state index in [0.717, 1.165) is 38.5 Å². The molecule has 3 aliphatic heterocycles. The van der Waals surface area contributed by atoms with Crippen LogP contribution in [-0.2, 0) is 24.8 Å². The van der Waals surface area contributed by atoms with Gasteiger partial charge in [-0.1, -0.05) is 12.8 Å². The Morgan fingerprint density at radius 3 is 1.81 bits per heavy atom. The fraction of sp³-hybridized carbons (Fsp3) is 0.667. The lowest BCUT2D eigenvalue weighted by atomic mass is 10.0. The van der Waals surface area contributed by atoms with Crippen LogP contribution < -0.4 is 0 Å². The lowest BCUT2D eigenvalue weighted by Gasteiger charge is -2.35. The monoisotopic (exact) mass is 469 g/mol. The first-order valence-corrected chi connectivity index (χ1v) is 14.1. The maximum Gasteiger partial charge on any atom is 0.243 e. The van der Waals surface area contributed by atoms with E-state index in [2.05, 4.69) is 0 Å². The van der Waals surface area contributed by atoms with Crippen molar-refractivity contribution in [2.45, 2.75) is 67.2 Å². The Morgan fingerprint density at radius 2 is 1.19 bits per heavy atom. The molecule has 172 valence electrons. The summed E-state index contributed by atoms with van der Waals surface area (Å²) in [4.78, 5) is 14.9. The third kappa shape index (κ3) is 4.53. The van der Waals surface area contributed by atoms with Gasteiger partial charge in [-0.3, -0.25) is 4.79 Å². The number of carbonyl (C=O) groups excluding carboxylic acids is 1. The third-order valence-corrected chi connectivity index (χ3v) is 10.4. The zero-order valence-corrected chi connectivity index (χ0v) is 19.4. The number of hydrogen-bond donors (Lipinski definition) is 0. The van der Waals surface area contributed by atoms with Gasteiger partial charge >= 0.3 is 0 Å². The van der Waals surface area contributed by atoms with Gasteiger partial charge in [-0.2, -0.15) is 8.61 Å². The van der Waals surface area contributed by atoms with Gasteiger partial charge in [-0.05, 0) is 62.8 Å². The van der Waals surface area contributed by atoms with E-state index in [1.807, 2.05) is 0 Å². The van der Waals surface area contributed by atoms with Crippen LogP contribution in [-0.4, -0.2) is 75.0 Å². The van der Waals surface area contributed by atoms with Gasteiger partial charge < -0.3 is 4.90 Å². The number of carbonyl (C=O) groups is 1. The molecule has 0 aliphatic carbocycles. The normalized spacial score (nSPS) is 24.4. The second-order valence-corrected chi connectivity index (χ2v) is 12.4. The molecular weight excluding hydrogens is 438 g/mol. The van der Waals surface area contributed by atoms with Gasteiger partial charge in [-0.15, -0.1) is 0 Å². The summed E-state index contributed by atoms with van der Waals surface area (Å²) in [6.45, 7) is 2.67. The molecule has 3 saturated heterocycles. The molecule has 3 heterocycles. The van der Waals surface area contributed by atoms with Crippen molar-refractivity contribution >= 4 is 26.0 Å². The molecule has 1 aromatic rings. The fourth-order valence-electron chi connectivity index (χ4n) is 4.76. The third-order valence-electron chi connectivity index (χ3n) is 6.54. The molecule has 0 bridgehead atoms. The van der Waals surface area contributed by atoms with E-state index in [4.69, 9.17) is 0 Å². The van der Waals surface area contributed by atoms with Crippen molar-refractivity contribution in [3.05, 3.63) is 24.3 Å². The number of rotatable bonds is 5. The van der Waals surface area contributed by atoms with Gasteiger partial charge in [0.05, 0.1) is 9.79 Å². The van der Waals surface area contributed by atoms with Crippen LogP contribution in [0.25, 0.3) is 0 Å². The molecule has 0 aromatic heterocycles. The highest BCUT2D eigenvalue weighted by atomic mass is 32.2. The number of likely N-dealkylation sites (tertiary alicyclic amines) is 1. The molecule has 3 fully saturated rings. The first kappa shape index (κ1) is 22.7. The van der Waals surface area contributed by atoms with E-state index in [9.17, 15) is 21.6 Å². The van der Waals surface area contributed by atoms with Crippen LogP contribution >= 0.6 is 0 Å². The molecule has 8 nitrogen and oxygen atoms in total. The number of sulfonamides is 2. The summed E-state index contributed by atoms with van der Waals surface area (Å²) in [6, 6.07) is 4.79. The van der Waals surface area contributed by atoms with Crippen molar-refractivity contribution in [3.8, 4) is 0 Å². The van der Waals surface area contributed by atoms with Crippen LogP contribution in [0.2, 0.25) is 0 Å². The predicted molar refractivity (Wildman–Crippen MR) is 116 cm³/mol. The van der Waals surface area contributed by atoms with E-state index >= 15 is 0 Å². The highest BCUT2D eigenvalue weighted by Gasteiger charge is 2.40. The average molecular weight is 470 g/mol. The molecule has 3 aliphatic rings. The maximum absolute atomic E-state index is 13.4. The summed E-state index contributed by atoms with van der Waals surface area (Å²) in [6.07, 6.45) is 6.68. The zero-order valence-electron chi connectivity index (χ0n) is 17.8. The quantitative estimate of drug-likeness (QED) is 0.658. The summed E-state index contributed by atoms with van der Waals surface area (Å²) in [5, 5.41) is 0. The Balaban J connectivity index is 1.56. The van der Waals surface area contributed by atoms with Crippen molar-refractivity contribution in [1.29, 1.82) is 0 Å². The number of amides is 1. The van der Waals surface area contributed by atoms with Crippen molar-refractivity contribution in [2.24, 2.45) is 0 Å². The van der Waals surface area contributed by atoms with Crippen molar-refractivity contribution < 1.29 is 21.6 Å². The van der Waals surface area contributed by atoms with Gasteiger partial charge in [0.1, 0.15) is 6.04 Å². The number of piperidine rings is 2. The molecule has 0 saturated carbocycles. The molecule has 1 amide bonds. The van der Waals surface area contributed by atoms with Crippen LogP contribution in [0.3, 0.4) is 0 Å². The smallest absolute Gasteiger partial charge is 0.243 e. The van der Waals surface area contributed by atoms with Gasteiger partial charge in [0.15, 0.2) is 0 Å². The second-order valence-electron chi connectivity index (χ2n) is 8.60. The predicted octanol–water partition coefficient (Wildman–Crippen LogP) is 2.03. The van der Waals surface area contributed by atoms with Crippen LogP contribution in [0.5, 0.6) is 0 Å². The van der Waals surface area contributed by atoms with Crippen LogP contribution in [0.1, 0.15) is 51.4 Å². The van der Waals surface area contributed by atoms with Crippen molar-refractivity contribution in [1.82, 2.24) is 13.5 Å². The molecule has 1 aromatic carbocycles. The first-order valence-electron chi connectivity index (χ1n) is 11.2. The molecule has 1 unspecified atom stereocenters. The number of hydrogen-bond acceptors (Lipinski definition) is 5. The van der Waals surface area contributed by atoms with Crippen LogP contribution in [0, 0.1) is 0 Å². The molecule has 1 atom stereocenters. The number of benzene rings is 1. The van der Waals surface area contributed by atoms with Crippen LogP contribution in [0.4, 0.5) is 0 Å². The zero-order chi connectivity index (χ0) is 22.1. The fourth-order valence-corrected chi connectivity index (χ4v) is 7.93. The molecule has 31 heavy (non-hydrogen) atoms. The Morgan fingerprint density at radius 1 is 0.677 bits per heavy atom. The van der Waals surface area contributed by atoms with E-state index in [1.54, 1.807) is 4.90 Å². The highest BCUT2D eigenvalue weighted by molar-refractivity contribution is 7.89. The summed E-state index contributed by atoms with van der Waals surface area (Å²) in [5.74, 6) is -0.106. The molecular formula is C21H31N3O5S2. The maximum atomic E-state index is 13.4. The van der Waals surface area contributed by atoms with Crippen LogP contribution in [0.15, 0.2) is 34.1 Å². The van der Waals surface area contributed by atoms with Crippen molar-refractivity contribution in [2.75, 3.05) is 32.7 Å². The Bertz CT molecular complexity index is 996. The van der Waals surface area contributed by atoms with E-state index in [0.29, 0.717) is 45.6 Å². The summed E-state index contributed by atoms with van der Waals surface area (Å²) >= 11 is 0. The van der Waals surface area contributed by atoms with E-state index < -0.39 is 26.1 Å². The molecule has 10 heteroatoms. The van der Waals surface area contributed by atoms with Gasteiger partial charge in [0.25, 0.3) is 0 Å². The minimum absolute atomic E-state index is 0.0335. The molecule has 0 spiro atoms. The van der Waals surface area contributed by atoms with Gasteiger partial charge in [0, 0.05) is 32.7 Å². The summed E-state index contributed by atoms with van der Waals surface area (Å²) in [5.41, 5.74) is 0. The summed E-state index contributed by atoms with van der Waals surface area (Å²) < 4.78 is 55.3. The Kier molecular flexibility index (Phi) is 6.71. The lowest BCUT2D eigenvalue weighted by molar-refractivity contribution is -0.135. The topological polar surface area (TPSA) is 95.1 Å². The second kappa shape index (κ2) is 9.17. The van der Waals surface area contributed by atoms with Gasteiger partial charge in [-0.25, -0.2) is 16.8 Å². The molecule has 0 radical (unpaired) electrons. The summed E-state index contributed by atoms with van der Waals surface area (Å²) in [7, 11) is -7.52. The molecule has 0 N–H and O–H groups in total. The Labute approximate surface area is 185 Å². The van der Waals surface area contributed by atoms with E-state index in [1.165, 1.54) is 32.9 Å². The largest absolute Gasteiger partial charge is 0.341 e.